The molecule has 0 aromatic rings. The van der Waals surface area contributed by atoms with Crippen LogP contribution < -0.4 is 11.1 Å². The molecule has 4 nitrogen and oxygen atoms in total. The highest BCUT2D eigenvalue weighted by Crippen LogP contribution is 2.18. The molecule has 0 aromatic carbocycles. The van der Waals surface area contributed by atoms with Crippen molar-refractivity contribution in [2.24, 2.45) is 11.7 Å². The second-order valence-corrected chi connectivity index (χ2v) is 5.26. The predicted molar refractivity (Wildman–Crippen MR) is 66.1 cm³/mol. The minimum Gasteiger partial charge on any atom is -0.368 e. The highest BCUT2D eigenvalue weighted by atomic mass is 16.1. The van der Waals surface area contributed by atoms with Crippen LogP contribution in [0.25, 0.3) is 0 Å². The maximum absolute atomic E-state index is 11.4. The number of nitrogens with one attached hydrogen (secondary N) is 1. The Morgan fingerprint density at radius 2 is 2.19 bits per heavy atom. The number of nitrogens with zero attached hydrogens (tertiary/aromatic N) is 1. The Morgan fingerprint density at radius 3 is 2.75 bits per heavy atom. The number of hydrogen-bond acceptors (Lipinski definition) is 3. The van der Waals surface area contributed by atoms with Crippen LogP contribution in [0.3, 0.4) is 0 Å². The van der Waals surface area contributed by atoms with E-state index in [1.165, 1.54) is 19.3 Å². The average molecular weight is 227 g/mol. The summed E-state index contributed by atoms with van der Waals surface area (Å²) in [7, 11) is 1.80. The topological polar surface area (TPSA) is 58.4 Å². The molecule has 16 heavy (non-hydrogen) atoms. The lowest BCUT2D eigenvalue weighted by Crippen LogP contribution is -2.58. The maximum Gasteiger partial charge on any atom is 0.238 e. The SMILES string of the molecule is CNC(C)(CN1CCCC(C)CC1)C(N)=O. The van der Waals surface area contributed by atoms with E-state index >= 15 is 0 Å². The van der Waals surface area contributed by atoms with Gasteiger partial charge in [-0.15, -0.1) is 0 Å². The fourth-order valence-corrected chi connectivity index (χ4v) is 2.21. The Kier molecular flexibility index (Phi) is 4.74. The molecule has 0 aromatic heterocycles. The fraction of sp³-hybridized carbons (Fsp3) is 0.917. The van der Waals surface area contributed by atoms with Crippen LogP contribution in [0.15, 0.2) is 0 Å². The molecule has 0 spiro atoms. The van der Waals surface area contributed by atoms with E-state index in [1.54, 1.807) is 7.05 Å². The van der Waals surface area contributed by atoms with Crippen molar-refractivity contribution < 1.29 is 4.79 Å². The molecule has 1 fully saturated rings. The average Bonchev–Trinajstić information content (AvgIpc) is 2.43. The summed E-state index contributed by atoms with van der Waals surface area (Å²) in [4.78, 5) is 13.8. The lowest BCUT2D eigenvalue weighted by Gasteiger charge is -2.32. The first kappa shape index (κ1) is 13.5. The van der Waals surface area contributed by atoms with Crippen molar-refractivity contribution in [3.63, 3.8) is 0 Å². The fourth-order valence-electron chi connectivity index (χ4n) is 2.21. The van der Waals surface area contributed by atoms with Gasteiger partial charge in [-0.05, 0) is 52.2 Å². The zero-order valence-corrected chi connectivity index (χ0v) is 10.8. The van der Waals surface area contributed by atoms with E-state index in [4.69, 9.17) is 5.73 Å². The van der Waals surface area contributed by atoms with Gasteiger partial charge in [0, 0.05) is 6.54 Å². The molecule has 4 heteroatoms. The molecule has 1 heterocycles. The smallest absolute Gasteiger partial charge is 0.238 e. The summed E-state index contributed by atoms with van der Waals surface area (Å²) in [6.07, 6.45) is 3.74. The van der Waals surface area contributed by atoms with Gasteiger partial charge in [0.2, 0.25) is 5.91 Å². The van der Waals surface area contributed by atoms with Gasteiger partial charge < -0.3 is 16.0 Å². The molecule has 1 amide bonds. The molecule has 2 unspecified atom stereocenters. The van der Waals surface area contributed by atoms with Crippen LogP contribution in [0, 0.1) is 5.92 Å². The van der Waals surface area contributed by atoms with Crippen LogP contribution in [-0.4, -0.2) is 43.0 Å². The van der Waals surface area contributed by atoms with Crippen LogP contribution in [-0.2, 0) is 4.79 Å². The zero-order valence-electron chi connectivity index (χ0n) is 10.8. The van der Waals surface area contributed by atoms with Gasteiger partial charge in [-0.25, -0.2) is 0 Å². The van der Waals surface area contributed by atoms with Gasteiger partial charge in [0.25, 0.3) is 0 Å². The van der Waals surface area contributed by atoms with E-state index in [1.807, 2.05) is 6.92 Å². The summed E-state index contributed by atoms with van der Waals surface area (Å²) < 4.78 is 0. The van der Waals surface area contributed by atoms with Crippen molar-refractivity contribution in [3.05, 3.63) is 0 Å². The molecular formula is C12H25N3O. The number of carbonyl (C=O) groups excluding carboxylic acids is 1. The lowest BCUT2D eigenvalue weighted by atomic mass is 10.0. The third kappa shape index (κ3) is 3.46. The van der Waals surface area contributed by atoms with Gasteiger partial charge in [0.1, 0.15) is 5.54 Å². The Bertz CT molecular complexity index is 244. The normalized spacial score (nSPS) is 27.1. The van der Waals surface area contributed by atoms with Crippen molar-refractivity contribution in [3.8, 4) is 0 Å². The minimum absolute atomic E-state index is 0.271. The van der Waals surface area contributed by atoms with Crippen LogP contribution in [0.1, 0.15) is 33.1 Å². The van der Waals surface area contributed by atoms with Gasteiger partial charge in [0.15, 0.2) is 0 Å². The minimum atomic E-state index is -0.604. The lowest BCUT2D eigenvalue weighted by molar-refractivity contribution is -0.124. The molecular weight excluding hydrogens is 202 g/mol. The van der Waals surface area contributed by atoms with Crippen molar-refractivity contribution in [2.75, 3.05) is 26.7 Å². The molecule has 3 N–H and O–H groups in total. The summed E-state index contributed by atoms with van der Waals surface area (Å²) in [6.45, 7) is 7.05. The van der Waals surface area contributed by atoms with Gasteiger partial charge >= 0.3 is 0 Å². The van der Waals surface area contributed by atoms with E-state index < -0.39 is 5.54 Å². The van der Waals surface area contributed by atoms with Gasteiger partial charge in [-0.3, -0.25) is 4.79 Å². The highest BCUT2D eigenvalue weighted by molar-refractivity contribution is 5.84. The number of hydrogen-bond donors (Lipinski definition) is 2. The molecule has 94 valence electrons. The summed E-state index contributed by atoms with van der Waals surface area (Å²) in [5, 5.41) is 3.04. The Hall–Kier alpha value is -0.610. The summed E-state index contributed by atoms with van der Waals surface area (Å²) in [5.74, 6) is 0.534. The van der Waals surface area contributed by atoms with E-state index in [2.05, 4.69) is 17.1 Å². The molecule has 0 saturated carbocycles. The monoisotopic (exact) mass is 227 g/mol. The van der Waals surface area contributed by atoms with Gasteiger partial charge in [-0.2, -0.15) is 0 Å². The molecule has 2 atom stereocenters. The van der Waals surface area contributed by atoms with Crippen LogP contribution >= 0.6 is 0 Å². The number of likely N-dealkylation sites (N-methyl/N-ethyl adjacent to an activating group) is 1. The molecule has 1 aliphatic heterocycles. The van der Waals surface area contributed by atoms with E-state index in [0.29, 0.717) is 6.54 Å². The summed E-state index contributed by atoms with van der Waals surface area (Å²) in [5.41, 5.74) is 4.83. The number of carbonyl (C=O) groups is 1. The number of primary amides is 1. The predicted octanol–water partition coefficient (Wildman–Crippen LogP) is 0.572. The second-order valence-electron chi connectivity index (χ2n) is 5.26. The largest absolute Gasteiger partial charge is 0.368 e. The molecule has 0 radical (unpaired) electrons. The molecule has 1 saturated heterocycles. The Morgan fingerprint density at radius 1 is 1.50 bits per heavy atom. The number of nitrogens with two attached hydrogens (primary N) is 1. The third-order valence-electron chi connectivity index (χ3n) is 3.74. The highest BCUT2D eigenvalue weighted by Gasteiger charge is 2.31. The van der Waals surface area contributed by atoms with Crippen molar-refractivity contribution in [2.45, 2.75) is 38.6 Å². The third-order valence-corrected chi connectivity index (χ3v) is 3.74. The molecule has 1 aliphatic rings. The second kappa shape index (κ2) is 5.64. The molecule has 0 aliphatic carbocycles. The summed E-state index contributed by atoms with van der Waals surface area (Å²) >= 11 is 0. The number of rotatable bonds is 4. The first-order valence-corrected chi connectivity index (χ1v) is 6.19. The molecule has 0 bridgehead atoms. The maximum atomic E-state index is 11.4. The standard InChI is InChI=1S/C12H25N3O/c1-10-5-4-7-15(8-6-10)9-12(2,14-3)11(13)16/h10,14H,4-9H2,1-3H3,(H2,13,16). The van der Waals surface area contributed by atoms with Gasteiger partial charge in [-0.1, -0.05) is 6.92 Å². The van der Waals surface area contributed by atoms with E-state index in [0.717, 1.165) is 19.0 Å². The first-order chi connectivity index (χ1) is 7.48. The van der Waals surface area contributed by atoms with E-state index in [-0.39, 0.29) is 5.91 Å². The first-order valence-electron chi connectivity index (χ1n) is 6.19. The van der Waals surface area contributed by atoms with Crippen molar-refractivity contribution >= 4 is 5.91 Å². The molecule has 1 rings (SSSR count). The van der Waals surface area contributed by atoms with Crippen LogP contribution in [0.2, 0.25) is 0 Å². The number of likely N-dealkylation sites (tertiary alicyclic amines) is 1. The van der Waals surface area contributed by atoms with Gasteiger partial charge in [0.05, 0.1) is 0 Å². The summed E-state index contributed by atoms with van der Waals surface area (Å²) in [6, 6.07) is 0. The van der Waals surface area contributed by atoms with Crippen molar-refractivity contribution in [1.82, 2.24) is 10.2 Å². The van der Waals surface area contributed by atoms with E-state index in [9.17, 15) is 4.79 Å². The van der Waals surface area contributed by atoms with Crippen molar-refractivity contribution in [1.29, 1.82) is 0 Å². The Labute approximate surface area is 98.6 Å². The quantitative estimate of drug-likeness (QED) is 0.738. The van der Waals surface area contributed by atoms with Crippen LogP contribution in [0.5, 0.6) is 0 Å². The van der Waals surface area contributed by atoms with Crippen LogP contribution in [0.4, 0.5) is 0 Å². The number of amides is 1. The Balaban J connectivity index is 2.54. The zero-order chi connectivity index (χ0) is 12.2.